The Kier molecular flexibility index (Phi) is 4.16. The zero-order chi connectivity index (χ0) is 13.8. The van der Waals surface area contributed by atoms with E-state index in [0.717, 1.165) is 6.07 Å². The van der Waals surface area contributed by atoms with Crippen LogP contribution in [0.4, 0.5) is 4.39 Å². The van der Waals surface area contributed by atoms with E-state index >= 15 is 0 Å². The highest BCUT2D eigenvalue weighted by atomic mass is 35.5. The third-order valence-electron chi connectivity index (χ3n) is 2.74. The van der Waals surface area contributed by atoms with Gasteiger partial charge in [-0.05, 0) is 24.6 Å². The third-order valence-corrected chi connectivity index (χ3v) is 3.05. The fraction of sp³-hybridized carbons (Fsp3) is 0.231. The second-order valence-corrected chi connectivity index (χ2v) is 4.44. The van der Waals surface area contributed by atoms with Gasteiger partial charge in [0, 0.05) is 18.0 Å². The fourth-order valence-corrected chi connectivity index (χ4v) is 1.83. The number of nitrogens with zero attached hydrogens (tertiary/aromatic N) is 1. The van der Waals surface area contributed by atoms with Crippen LogP contribution in [-0.2, 0) is 0 Å². The summed E-state index contributed by atoms with van der Waals surface area (Å²) in [5.74, 6) is -0.301. The quantitative estimate of drug-likeness (QED) is 0.905. The van der Waals surface area contributed by atoms with Crippen molar-refractivity contribution < 1.29 is 9.18 Å². The molecule has 1 aromatic carbocycles. The van der Waals surface area contributed by atoms with Gasteiger partial charge in [-0.2, -0.15) is 0 Å². The minimum Gasteiger partial charge on any atom is -0.347 e. The van der Waals surface area contributed by atoms with Gasteiger partial charge in [-0.3, -0.25) is 4.79 Å². The Morgan fingerprint density at radius 1 is 1.58 bits per heavy atom. The van der Waals surface area contributed by atoms with Crippen LogP contribution in [0.25, 0.3) is 0 Å². The predicted molar refractivity (Wildman–Crippen MR) is 70.5 cm³/mol. The van der Waals surface area contributed by atoms with Gasteiger partial charge in [0.1, 0.15) is 11.6 Å². The second-order valence-electron chi connectivity index (χ2n) is 4.04. The van der Waals surface area contributed by atoms with Gasteiger partial charge in [-0.25, -0.2) is 9.37 Å². The molecule has 1 unspecified atom stereocenters. The molecule has 1 atom stereocenters. The van der Waals surface area contributed by atoms with Crippen molar-refractivity contribution in [3.63, 3.8) is 0 Å². The summed E-state index contributed by atoms with van der Waals surface area (Å²) in [5, 5.41) is 2.78. The first kappa shape index (κ1) is 13.5. The van der Waals surface area contributed by atoms with Crippen molar-refractivity contribution in [1.82, 2.24) is 15.3 Å². The number of aromatic amines is 1. The zero-order valence-corrected chi connectivity index (χ0v) is 11.0. The molecule has 0 fully saturated rings. The highest BCUT2D eigenvalue weighted by Gasteiger charge is 2.16. The molecule has 2 N–H and O–H groups in total. The smallest absolute Gasteiger partial charge is 0.251 e. The second kappa shape index (κ2) is 5.84. The molecule has 1 aromatic heterocycles. The molecule has 2 rings (SSSR count). The van der Waals surface area contributed by atoms with Crippen molar-refractivity contribution in [3.05, 3.63) is 52.8 Å². The average molecular weight is 282 g/mol. The van der Waals surface area contributed by atoms with E-state index < -0.39 is 5.82 Å². The van der Waals surface area contributed by atoms with Crippen LogP contribution in [0.2, 0.25) is 5.02 Å². The van der Waals surface area contributed by atoms with Gasteiger partial charge >= 0.3 is 0 Å². The molecule has 2 aromatic rings. The van der Waals surface area contributed by atoms with Gasteiger partial charge in [-0.15, -0.1) is 0 Å². The molecule has 0 aliphatic carbocycles. The number of hydrogen-bond acceptors (Lipinski definition) is 2. The molecule has 4 nitrogen and oxygen atoms in total. The van der Waals surface area contributed by atoms with Gasteiger partial charge in [0.25, 0.3) is 5.91 Å². The summed E-state index contributed by atoms with van der Waals surface area (Å²) in [6.45, 7) is 1.93. The Morgan fingerprint density at radius 3 is 2.95 bits per heavy atom. The number of hydrogen-bond donors (Lipinski definition) is 2. The van der Waals surface area contributed by atoms with Gasteiger partial charge in [0.2, 0.25) is 0 Å². The summed E-state index contributed by atoms with van der Waals surface area (Å²) < 4.78 is 13.3. The number of carbonyl (C=O) groups is 1. The van der Waals surface area contributed by atoms with Crippen molar-refractivity contribution >= 4 is 17.5 Å². The van der Waals surface area contributed by atoms with Crippen LogP contribution in [0.3, 0.4) is 0 Å². The lowest BCUT2D eigenvalue weighted by atomic mass is 10.1. The number of benzene rings is 1. The maximum Gasteiger partial charge on any atom is 0.251 e. The van der Waals surface area contributed by atoms with Gasteiger partial charge in [0.15, 0.2) is 0 Å². The first-order valence-electron chi connectivity index (χ1n) is 5.87. The molecule has 19 heavy (non-hydrogen) atoms. The molecular weight excluding hydrogens is 269 g/mol. The van der Waals surface area contributed by atoms with E-state index in [2.05, 4.69) is 15.3 Å². The SMILES string of the molecule is CCC(NC(=O)c1ccc(Cl)c(F)c1)c1ncc[nH]1. The highest BCUT2D eigenvalue weighted by Crippen LogP contribution is 2.17. The number of rotatable bonds is 4. The van der Waals surface area contributed by atoms with Gasteiger partial charge in [0.05, 0.1) is 11.1 Å². The standard InChI is InChI=1S/C13H13ClFN3O/c1-2-11(12-16-5-6-17-12)18-13(19)8-3-4-9(14)10(15)7-8/h3-7,11H,2H2,1H3,(H,16,17)(H,18,19). The molecule has 0 saturated heterocycles. The monoisotopic (exact) mass is 281 g/mol. The van der Waals surface area contributed by atoms with E-state index in [9.17, 15) is 9.18 Å². The Bertz CT molecular complexity index is 571. The fourth-order valence-electron chi connectivity index (χ4n) is 1.71. The van der Waals surface area contributed by atoms with Crippen LogP contribution in [0.1, 0.15) is 35.6 Å². The molecule has 0 aliphatic rings. The molecule has 0 saturated carbocycles. The Morgan fingerprint density at radius 2 is 2.37 bits per heavy atom. The lowest BCUT2D eigenvalue weighted by Crippen LogP contribution is -2.28. The Hall–Kier alpha value is -1.88. The minimum absolute atomic E-state index is 0.00498. The topological polar surface area (TPSA) is 57.8 Å². The Labute approximate surface area is 115 Å². The molecule has 1 heterocycles. The number of aromatic nitrogens is 2. The largest absolute Gasteiger partial charge is 0.347 e. The molecule has 1 amide bonds. The summed E-state index contributed by atoms with van der Waals surface area (Å²) in [4.78, 5) is 19.1. The number of halogens is 2. The molecule has 0 aliphatic heterocycles. The van der Waals surface area contributed by atoms with E-state index in [0.29, 0.717) is 12.2 Å². The number of imidazole rings is 1. The maximum absolute atomic E-state index is 13.3. The summed E-state index contributed by atoms with van der Waals surface area (Å²) >= 11 is 5.58. The minimum atomic E-state index is -0.611. The van der Waals surface area contributed by atoms with Crippen molar-refractivity contribution in [2.45, 2.75) is 19.4 Å². The van der Waals surface area contributed by atoms with Crippen LogP contribution >= 0.6 is 11.6 Å². The summed E-state index contributed by atoms with van der Waals surface area (Å²) in [6.07, 6.45) is 3.98. The summed E-state index contributed by atoms with van der Waals surface area (Å²) in [6, 6.07) is 3.73. The van der Waals surface area contributed by atoms with Crippen molar-refractivity contribution in [1.29, 1.82) is 0 Å². The van der Waals surface area contributed by atoms with E-state index in [1.807, 2.05) is 6.92 Å². The summed E-state index contributed by atoms with van der Waals surface area (Å²) in [7, 11) is 0. The van der Waals surface area contributed by atoms with E-state index in [1.165, 1.54) is 12.1 Å². The van der Waals surface area contributed by atoms with Crippen LogP contribution in [0.5, 0.6) is 0 Å². The van der Waals surface area contributed by atoms with Crippen LogP contribution in [0, 0.1) is 5.82 Å². The van der Waals surface area contributed by atoms with Gasteiger partial charge < -0.3 is 10.3 Å². The van der Waals surface area contributed by atoms with Crippen molar-refractivity contribution in [2.24, 2.45) is 0 Å². The maximum atomic E-state index is 13.3. The lowest BCUT2D eigenvalue weighted by molar-refractivity contribution is 0.0933. The molecule has 100 valence electrons. The van der Waals surface area contributed by atoms with E-state index in [1.54, 1.807) is 12.4 Å². The summed E-state index contributed by atoms with van der Waals surface area (Å²) in [5.41, 5.74) is 0.229. The van der Waals surface area contributed by atoms with Crippen molar-refractivity contribution in [2.75, 3.05) is 0 Å². The van der Waals surface area contributed by atoms with Crippen molar-refractivity contribution in [3.8, 4) is 0 Å². The zero-order valence-electron chi connectivity index (χ0n) is 10.3. The van der Waals surface area contributed by atoms with E-state index in [-0.39, 0.29) is 22.5 Å². The number of H-pyrrole nitrogens is 1. The normalized spacial score (nSPS) is 12.2. The Balaban J connectivity index is 2.13. The van der Waals surface area contributed by atoms with Crippen LogP contribution in [-0.4, -0.2) is 15.9 Å². The van der Waals surface area contributed by atoms with Crippen LogP contribution in [0.15, 0.2) is 30.6 Å². The molecule has 0 spiro atoms. The molecule has 0 radical (unpaired) electrons. The number of carbonyl (C=O) groups excluding carboxylic acids is 1. The lowest BCUT2D eigenvalue weighted by Gasteiger charge is -2.14. The average Bonchev–Trinajstić information content (AvgIpc) is 2.92. The molecular formula is C13H13ClFN3O. The molecule has 0 bridgehead atoms. The first-order valence-corrected chi connectivity index (χ1v) is 6.24. The van der Waals surface area contributed by atoms with Crippen LogP contribution < -0.4 is 5.32 Å². The molecule has 6 heteroatoms. The highest BCUT2D eigenvalue weighted by molar-refractivity contribution is 6.30. The third kappa shape index (κ3) is 3.12. The number of nitrogens with one attached hydrogen (secondary N) is 2. The predicted octanol–water partition coefficient (Wildman–Crippen LogP) is 3.08. The van der Waals surface area contributed by atoms with E-state index in [4.69, 9.17) is 11.6 Å². The number of amides is 1. The first-order chi connectivity index (χ1) is 9.11. The van der Waals surface area contributed by atoms with Gasteiger partial charge in [-0.1, -0.05) is 18.5 Å².